The van der Waals surface area contributed by atoms with Crippen LogP contribution in [0.4, 0.5) is 0 Å². The molecule has 1 N–H and O–H groups in total. The number of hydrogen-bond donors (Lipinski definition) is 1. The van der Waals surface area contributed by atoms with Gasteiger partial charge in [-0.3, -0.25) is 14.3 Å². The number of nitrogens with zero attached hydrogens (tertiary/aromatic N) is 3. The highest BCUT2D eigenvalue weighted by Crippen LogP contribution is 2.33. The lowest BCUT2D eigenvalue weighted by Gasteiger charge is -2.44. The minimum Gasteiger partial charge on any atom is -0.351 e. The molecule has 8 heteroatoms. The van der Waals surface area contributed by atoms with Crippen molar-refractivity contribution in [1.82, 2.24) is 20.0 Å². The monoisotopic (exact) mass is 482 g/mol. The van der Waals surface area contributed by atoms with Gasteiger partial charge in [0.1, 0.15) is 16.9 Å². The van der Waals surface area contributed by atoms with E-state index >= 15 is 0 Å². The number of nitrogens with one attached hydrogen (secondary N) is 1. The number of aromatic nitrogens is 2. The first kappa shape index (κ1) is 22.2. The average molecular weight is 483 g/mol. The zero-order valence-electron chi connectivity index (χ0n) is 18.6. The summed E-state index contributed by atoms with van der Waals surface area (Å²) >= 11 is 7.64. The highest BCUT2D eigenvalue weighted by Gasteiger charge is 2.48. The predicted octanol–water partition coefficient (Wildman–Crippen LogP) is 5.13. The van der Waals surface area contributed by atoms with Crippen molar-refractivity contribution >= 4 is 34.8 Å². The van der Waals surface area contributed by atoms with Crippen molar-refractivity contribution in [2.75, 3.05) is 0 Å². The summed E-state index contributed by atoms with van der Waals surface area (Å²) in [6.45, 7) is 2.49. The van der Waals surface area contributed by atoms with Crippen LogP contribution in [0.15, 0.2) is 47.8 Å². The predicted molar refractivity (Wildman–Crippen MR) is 130 cm³/mol. The Morgan fingerprint density at radius 3 is 2.67 bits per heavy atom. The molecule has 3 heterocycles. The third-order valence-electron chi connectivity index (χ3n) is 6.75. The molecular formula is C25H27ClN4O2S. The number of carbonyl (C=O) groups is 2. The smallest absolute Gasteiger partial charge is 0.273 e. The van der Waals surface area contributed by atoms with Crippen LogP contribution in [0.2, 0.25) is 5.02 Å². The van der Waals surface area contributed by atoms with Gasteiger partial charge in [0.15, 0.2) is 0 Å². The molecule has 6 nitrogen and oxygen atoms in total. The van der Waals surface area contributed by atoms with E-state index in [-0.39, 0.29) is 17.9 Å². The van der Waals surface area contributed by atoms with E-state index in [0.29, 0.717) is 23.8 Å². The molecule has 0 saturated heterocycles. The molecule has 2 aromatic heterocycles. The third kappa shape index (κ3) is 4.32. The Morgan fingerprint density at radius 1 is 1.21 bits per heavy atom. The Labute approximate surface area is 202 Å². The summed E-state index contributed by atoms with van der Waals surface area (Å²) in [5, 5.41) is 10.6. The fraction of sp³-hybridized carbons (Fsp3) is 0.400. The van der Waals surface area contributed by atoms with Crippen LogP contribution in [0.3, 0.4) is 0 Å². The summed E-state index contributed by atoms with van der Waals surface area (Å²) in [4.78, 5) is 30.1. The van der Waals surface area contributed by atoms with Gasteiger partial charge in [0.05, 0.1) is 11.4 Å². The van der Waals surface area contributed by atoms with Gasteiger partial charge in [-0.05, 0) is 55.0 Å². The van der Waals surface area contributed by atoms with E-state index in [4.69, 9.17) is 16.7 Å². The second-order valence-electron chi connectivity index (χ2n) is 9.15. The highest BCUT2D eigenvalue weighted by atomic mass is 35.5. The van der Waals surface area contributed by atoms with Crippen molar-refractivity contribution < 1.29 is 9.59 Å². The zero-order chi connectivity index (χ0) is 23.0. The van der Waals surface area contributed by atoms with Gasteiger partial charge in [-0.15, -0.1) is 11.3 Å². The maximum absolute atomic E-state index is 13.7. The molecule has 1 aliphatic heterocycles. The Bertz CT molecular complexity index is 1150. The van der Waals surface area contributed by atoms with Crippen molar-refractivity contribution in [1.29, 1.82) is 0 Å². The van der Waals surface area contributed by atoms with Crippen LogP contribution in [0.1, 0.15) is 55.1 Å². The topological polar surface area (TPSA) is 67.2 Å². The number of amides is 2. The van der Waals surface area contributed by atoms with Gasteiger partial charge >= 0.3 is 0 Å². The van der Waals surface area contributed by atoms with Crippen molar-refractivity contribution in [3.05, 3.63) is 64.1 Å². The molecule has 1 aliphatic carbocycles. The summed E-state index contributed by atoms with van der Waals surface area (Å²) in [7, 11) is 0. The Kier molecular flexibility index (Phi) is 6.01. The normalized spacial score (nSPS) is 21.2. The molecule has 172 valence electrons. The average Bonchev–Trinajstić information content (AvgIpc) is 3.48. The van der Waals surface area contributed by atoms with E-state index in [1.807, 2.05) is 54.8 Å². The molecule has 1 fully saturated rings. The van der Waals surface area contributed by atoms with E-state index in [2.05, 4.69) is 5.32 Å². The summed E-state index contributed by atoms with van der Waals surface area (Å²) in [6.07, 6.45) is 5.45. The molecule has 1 atom stereocenters. The maximum atomic E-state index is 13.7. The summed E-state index contributed by atoms with van der Waals surface area (Å²) in [6, 6.07) is 13.4. The van der Waals surface area contributed by atoms with Crippen molar-refractivity contribution in [3.8, 4) is 10.6 Å². The first-order chi connectivity index (χ1) is 15.9. The number of thiophene rings is 1. The molecule has 33 heavy (non-hydrogen) atoms. The minimum atomic E-state index is -1.06. The van der Waals surface area contributed by atoms with Crippen molar-refractivity contribution in [2.24, 2.45) is 0 Å². The van der Waals surface area contributed by atoms with Gasteiger partial charge in [0.2, 0.25) is 5.91 Å². The van der Waals surface area contributed by atoms with E-state index < -0.39 is 5.54 Å². The lowest BCUT2D eigenvalue weighted by molar-refractivity contribution is -0.134. The number of halogens is 1. The van der Waals surface area contributed by atoms with Gasteiger partial charge in [0.25, 0.3) is 5.91 Å². The Balaban J connectivity index is 1.50. The van der Waals surface area contributed by atoms with Crippen LogP contribution in [-0.2, 0) is 17.9 Å². The fourth-order valence-electron chi connectivity index (χ4n) is 4.79. The SMILES string of the molecule is C[C@@]1(C(=O)NC2CCCCC2)Cn2nc(-c3cccs3)cc2C(=O)N1Cc1ccc(Cl)cc1. The van der Waals surface area contributed by atoms with E-state index in [9.17, 15) is 9.59 Å². The van der Waals surface area contributed by atoms with Gasteiger partial charge in [-0.1, -0.05) is 49.1 Å². The Hall–Kier alpha value is -2.64. The standard InChI is InChI=1S/C25H27ClN4O2S/c1-25(24(32)27-19-6-3-2-4-7-19)16-30-21(14-20(28-30)22-8-5-13-33-22)23(31)29(25)15-17-9-11-18(26)12-10-17/h5,8-14,19H,2-4,6-7,15-16H2,1H3,(H,27,32)/t25-/m0/s1. The van der Waals surface area contributed by atoms with Gasteiger partial charge in [-0.25, -0.2) is 0 Å². The van der Waals surface area contributed by atoms with Crippen LogP contribution in [0.5, 0.6) is 0 Å². The van der Waals surface area contributed by atoms with Crippen LogP contribution >= 0.6 is 22.9 Å². The van der Waals surface area contributed by atoms with E-state index in [1.54, 1.807) is 20.9 Å². The second-order valence-corrected chi connectivity index (χ2v) is 10.5. The third-order valence-corrected chi connectivity index (χ3v) is 7.90. The van der Waals surface area contributed by atoms with Crippen LogP contribution in [-0.4, -0.2) is 38.1 Å². The molecule has 1 saturated carbocycles. The molecular weight excluding hydrogens is 456 g/mol. The van der Waals surface area contributed by atoms with E-state index in [0.717, 1.165) is 41.8 Å². The molecule has 5 rings (SSSR count). The first-order valence-electron chi connectivity index (χ1n) is 11.4. The number of hydrogen-bond acceptors (Lipinski definition) is 4. The molecule has 0 radical (unpaired) electrons. The lowest BCUT2D eigenvalue weighted by Crippen LogP contribution is -2.64. The molecule has 2 amide bonds. The fourth-order valence-corrected chi connectivity index (χ4v) is 5.60. The quantitative estimate of drug-likeness (QED) is 0.548. The van der Waals surface area contributed by atoms with E-state index in [1.165, 1.54) is 6.42 Å². The summed E-state index contributed by atoms with van der Waals surface area (Å²) in [5.74, 6) is -0.302. The van der Waals surface area contributed by atoms with Crippen molar-refractivity contribution in [3.63, 3.8) is 0 Å². The van der Waals surface area contributed by atoms with Gasteiger partial charge in [-0.2, -0.15) is 5.10 Å². The molecule has 0 spiro atoms. The maximum Gasteiger partial charge on any atom is 0.273 e. The van der Waals surface area contributed by atoms with Crippen LogP contribution in [0.25, 0.3) is 10.6 Å². The van der Waals surface area contributed by atoms with Crippen LogP contribution in [0, 0.1) is 0 Å². The number of fused-ring (bicyclic) bond motifs is 1. The molecule has 2 aliphatic rings. The van der Waals surface area contributed by atoms with Crippen molar-refractivity contribution in [2.45, 2.75) is 63.7 Å². The summed E-state index contributed by atoms with van der Waals surface area (Å²) < 4.78 is 1.70. The zero-order valence-corrected chi connectivity index (χ0v) is 20.2. The Morgan fingerprint density at radius 2 is 1.97 bits per heavy atom. The molecule has 1 aromatic carbocycles. The first-order valence-corrected chi connectivity index (χ1v) is 12.7. The minimum absolute atomic E-state index is 0.115. The molecule has 0 bridgehead atoms. The number of carbonyl (C=O) groups excluding carboxylic acids is 2. The molecule has 3 aromatic rings. The number of rotatable bonds is 5. The number of benzene rings is 1. The lowest BCUT2D eigenvalue weighted by atomic mass is 9.91. The molecule has 0 unspecified atom stereocenters. The second kappa shape index (κ2) is 8.95. The van der Waals surface area contributed by atoms with Gasteiger partial charge in [0, 0.05) is 17.6 Å². The van der Waals surface area contributed by atoms with Crippen LogP contribution < -0.4 is 5.32 Å². The highest BCUT2D eigenvalue weighted by molar-refractivity contribution is 7.13. The largest absolute Gasteiger partial charge is 0.351 e. The summed E-state index contributed by atoms with van der Waals surface area (Å²) in [5.41, 5.74) is 1.14. The van der Waals surface area contributed by atoms with Gasteiger partial charge < -0.3 is 10.2 Å².